The van der Waals surface area contributed by atoms with Crippen molar-refractivity contribution in [3.8, 4) is 11.8 Å². The molecule has 1 N–H and O–H groups in total. The first-order valence-corrected chi connectivity index (χ1v) is 6.08. The first-order chi connectivity index (χ1) is 8.67. The molecule has 1 aromatic carbocycles. The molecule has 1 rings (SSSR count). The van der Waals surface area contributed by atoms with Crippen LogP contribution in [0.2, 0.25) is 0 Å². The lowest BCUT2D eigenvalue weighted by atomic mass is 10.1. The van der Waals surface area contributed by atoms with Crippen LogP contribution in [0, 0.1) is 11.3 Å². The molecule has 1 unspecified atom stereocenters. The van der Waals surface area contributed by atoms with Gasteiger partial charge in [-0.3, -0.25) is 4.79 Å². The molecule has 0 aromatic heterocycles. The molecule has 1 aromatic rings. The molecule has 0 saturated carbocycles. The van der Waals surface area contributed by atoms with Gasteiger partial charge >= 0.3 is 0 Å². The molecule has 0 bridgehead atoms. The van der Waals surface area contributed by atoms with Crippen molar-refractivity contribution in [2.24, 2.45) is 0 Å². The van der Waals surface area contributed by atoms with Gasteiger partial charge in [-0.05, 0) is 31.5 Å². The number of carbonyl (C=O) groups is 1. The number of benzene rings is 1. The highest BCUT2D eigenvalue weighted by Crippen LogP contribution is 2.13. The van der Waals surface area contributed by atoms with Crippen LogP contribution in [0.3, 0.4) is 0 Å². The molecular formula is C14H18N2O2. The first kappa shape index (κ1) is 14.0. The summed E-state index contributed by atoms with van der Waals surface area (Å²) in [6.45, 7) is 4.47. The second kappa shape index (κ2) is 7.33. The number of amides is 1. The Hall–Kier alpha value is -2.02. The maximum atomic E-state index is 11.9. The minimum absolute atomic E-state index is 0.150. The third kappa shape index (κ3) is 4.46. The molecule has 1 amide bonds. The fourth-order valence-electron chi connectivity index (χ4n) is 1.44. The Bertz CT molecular complexity index is 438. The fraction of sp³-hybridized carbons (Fsp3) is 0.429. The van der Waals surface area contributed by atoms with Crippen LogP contribution in [0.5, 0.6) is 5.75 Å². The van der Waals surface area contributed by atoms with Crippen LogP contribution < -0.4 is 10.1 Å². The van der Waals surface area contributed by atoms with E-state index in [2.05, 4.69) is 5.32 Å². The zero-order valence-electron chi connectivity index (χ0n) is 10.8. The molecule has 4 nitrogen and oxygen atoms in total. The predicted molar refractivity (Wildman–Crippen MR) is 69.4 cm³/mol. The molecule has 4 heteroatoms. The lowest BCUT2D eigenvalue weighted by Crippen LogP contribution is -2.32. The predicted octanol–water partition coefficient (Wildman–Crippen LogP) is 2.51. The molecule has 0 heterocycles. The molecule has 0 aliphatic rings. The maximum Gasteiger partial charge on any atom is 0.251 e. The van der Waals surface area contributed by atoms with E-state index in [1.165, 1.54) is 0 Å². The van der Waals surface area contributed by atoms with Gasteiger partial charge in [-0.1, -0.05) is 13.0 Å². The van der Waals surface area contributed by atoms with Gasteiger partial charge in [0.05, 0.1) is 19.1 Å². The van der Waals surface area contributed by atoms with E-state index >= 15 is 0 Å². The van der Waals surface area contributed by atoms with E-state index in [9.17, 15) is 4.79 Å². The minimum Gasteiger partial charge on any atom is -0.494 e. The van der Waals surface area contributed by atoms with Crippen molar-refractivity contribution in [3.63, 3.8) is 0 Å². The van der Waals surface area contributed by atoms with Crippen LogP contribution in [0.15, 0.2) is 24.3 Å². The third-order valence-electron chi connectivity index (χ3n) is 2.34. The number of nitrogens with zero attached hydrogens (tertiary/aromatic N) is 1. The van der Waals surface area contributed by atoms with Gasteiger partial charge in [0.1, 0.15) is 5.75 Å². The van der Waals surface area contributed by atoms with Gasteiger partial charge in [0.2, 0.25) is 0 Å². The van der Waals surface area contributed by atoms with Crippen LogP contribution in [0.1, 0.15) is 37.0 Å². The van der Waals surface area contributed by atoms with E-state index in [4.69, 9.17) is 10.00 Å². The Morgan fingerprint density at radius 3 is 3.00 bits per heavy atom. The van der Waals surface area contributed by atoms with Crippen LogP contribution in [-0.2, 0) is 0 Å². The normalized spacial score (nSPS) is 11.4. The summed E-state index contributed by atoms with van der Waals surface area (Å²) in [7, 11) is 0. The minimum atomic E-state index is -0.181. The highest BCUT2D eigenvalue weighted by molar-refractivity contribution is 5.94. The SMILES string of the molecule is CCCOc1cccc(C(=O)NC(C)CC#N)c1. The van der Waals surface area contributed by atoms with Crippen molar-refractivity contribution in [1.82, 2.24) is 5.32 Å². The third-order valence-corrected chi connectivity index (χ3v) is 2.34. The second-order valence-electron chi connectivity index (χ2n) is 4.11. The molecule has 0 aliphatic heterocycles. The zero-order valence-corrected chi connectivity index (χ0v) is 10.8. The van der Waals surface area contributed by atoms with E-state index in [1.54, 1.807) is 25.1 Å². The number of hydrogen-bond donors (Lipinski definition) is 1. The van der Waals surface area contributed by atoms with Crippen molar-refractivity contribution in [3.05, 3.63) is 29.8 Å². The largest absolute Gasteiger partial charge is 0.494 e. The molecule has 0 saturated heterocycles. The maximum absolute atomic E-state index is 11.9. The molecular weight excluding hydrogens is 228 g/mol. The number of rotatable bonds is 6. The molecule has 0 spiro atoms. The lowest BCUT2D eigenvalue weighted by Gasteiger charge is -2.11. The summed E-state index contributed by atoms with van der Waals surface area (Å²) in [6.07, 6.45) is 1.23. The number of hydrogen-bond acceptors (Lipinski definition) is 3. The Morgan fingerprint density at radius 1 is 1.56 bits per heavy atom. The Morgan fingerprint density at radius 2 is 2.33 bits per heavy atom. The quantitative estimate of drug-likeness (QED) is 0.838. The highest BCUT2D eigenvalue weighted by atomic mass is 16.5. The van der Waals surface area contributed by atoms with Gasteiger partial charge in [-0.2, -0.15) is 5.26 Å². The van der Waals surface area contributed by atoms with Gasteiger partial charge in [0.25, 0.3) is 5.91 Å². The summed E-state index contributed by atoms with van der Waals surface area (Å²) in [5, 5.41) is 11.3. The molecule has 96 valence electrons. The molecule has 0 fully saturated rings. The van der Waals surface area contributed by atoms with Gasteiger partial charge in [0, 0.05) is 11.6 Å². The van der Waals surface area contributed by atoms with Crippen molar-refractivity contribution < 1.29 is 9.53 Å². The van der Waals surface area contributed by atoms with Gasteiger partial charge in [-0.25, -0.2) is 0 Å². The smallest absolute Gasteiger partial charge is 0.251 e. The van der Waals surface area contributed by atoms with Crippen LogP contribution in [-0.4, -0.2) is 18.6 Å². The van der Waals surface area contributed by atoms with E-state index in [-0.39, 0.29) is 11.9 Å². The summed E-state index contributed by atoms with van der Waals surface area (Å²) in [6, 6.07) is 8.93. The van der Waals surface area contributed by atoms with Crippen LogP contribution in [0.4, 0.5) is 0 Å². The molecule has 1 atom stereocenters. The summed E-state index contributed by atoms with van der Waals surface area (Å²) in [4.78, 5) is 11.9. The van der Waals surface area contributed by atoms with Crippen molar-refractivity contribution in [2.75, 3.05) is 6.61 Å². The topological polar surface area (TPSA) is 62.1 Å². The van der Waals surface area contributed by atoms with Crippen molar-refractivity contribution >= 4 is 5.91 Å². The first-order valence-electron chi connectivity index (χ1n) is 6.08. The van der Waals surface area contributed by atoms with E-state index in [1.807, 2.05) is 19.1 Å². The Balaban J connectivity index is 2.65. The van der Waals surface area contributed by atoms with Gasteiger partial charge in [-0.15, -0.1) is 0 Å². The highest BCUT2D eigenvalue weighted by Gasteiger charge is 2.10. The zero-order chi connectivity index (χ0) is 13.4. The average molecular weight is 246 g/mol. The standard InChI is InChI=1S/C14H18N2O2/c1-3-9-18-13-6-4-5-12(10-13)14(17)16-11(2)7-8-15/h4-6,10-11H,3,7,9H2,1-2H3,(H,16,17). The summed E-state index contributed by atoms with van der Waals surface area (Å²) in [5.41, 5.74) is 0.549. The van der Waals surface area contributed by atoms with Gasteiger partial charge < -0.3 is 10.1 Å². The van der Waals surface area contributed by atoms with Gasteiger partial charge in [0.15, 0.2) is 0 Å². The molecule has 0 aliphatic carbocycles. The summed E-state index contributed by atoms with van der Waals surface area (Å²) in [5.74, 6) is 0.511. The second-order valence-corrected chi connectivity index (χ2v) is 4.11. The van der Waals surface area contributed by atoms with E-state index in [0.717, 1.165) is 6.42 Å². The van der Waals surface area contributed by atoms with Crippen LogP contribution in [0.25, 0.3) is 0 Å². The van der Waals surface area contributed by atoms with Crippen molar-refractivity contribution in [2.45, 2.75) is 32.7 Å². The number of nitrogens with one attached hydrogen (secondary N) is 1. The Labute approximate surface area is 108 Å². The number of ether oxygens (including phenoxy) is 1. The molecule has 18 heavy (non-hydrogen) atoms. The average Bonchev–Trinajstić information content (AvgIpc) is 2.37. The number of nitriles is 1. The number of carbonyl (C=O) groups excluding carboxylic acids is 1. The Kier molecular flexibility index (Phi) is 5.72. The summed E-state index contributed by atoms with van der Waals surface area (Å²) >= 11 is 0. The summed E-state index contributed by atoms with van der Waals surface area (Å²) < 4.78 is 5.47. The monoisotopic (exact) mass is 246 g/mol. The van der Waals surface area contributed by atoms with Crippen molar-refractivity contribution in [1.29, 1.82) is 5.26 Å². The van der Waals surface area contributed by atoms with E-state index in [0.29, 0.717) is 24.3 Å². The molecule has 0 radical (unpaired) electrons. The van der Waals surface area contributed by atoms with Crippen LogP contribution >= 0.6 is 0 Å². The fourth-order valence-corrected chi connectivity index (χ4v) is 1.44. The van der Waals surface area contributed by atoms with E-state index < -0.39 is 0 Å². The lowest BCUT2D eigenvalue weighted by molar-refractivity contribution is 0.0940.